The van der Waals surface area contributed by atoms with Gasteiger partial charge < -0.3 is 16.0 Å². The van der Waals surface area contributed by atoms with Crippen molar-refractivity contribution in [3.63, 3.8) is 0 Å². The van der Waals surface area contributed by atoms with Crippen LogP contribution in [0.25, 0.3) is 0 Å². The van der Waals surface area contributed by atoms with E-state index >= 15 is 0 Å². The minimum absolute atomic E-state index is 0.0476. The smallest absolute Gasteiger partial charge is 0.338 e. The highest BCUT2D eigenvalue weighted by Gasteiger charge is 2.47. The van der Waals surface area contributed by atoms with E-state index in [1.165, 1.54) is 10.5 Å². The van der Waals surface area contributed by atoms with Gasteiger partial charge in [-0.05, 0) is 35.9 Å². The number of nitrogens with one attached hydrogen (secondary N) is 1. The summed E-state index contributed by atoms with van der Waals surface area (Å²) in [4.78, 5) is 13.8. The topological polar surface area (TPSA) is 58.4 Å². The van der Waals surface area contributed by atoms with Crippen molar-refractivity contribution in [2.45, 2.75) is 45.2 Å². The molecule has 2 amide bonds. The molecular formula is C20H30F3N3O. The highest BCUT2D eigenvalue weighted by atomic mass is 19.4. The molecule has 0 aromatic heterocycles. The molecular weight excluding hydrogens is 355 g/mol. The minimum atomic E-state index is -4.26. The first-order chi connectivity index (χ1) is 12.5. The SMILES string of the molecule is CC(C)(C)c1cccc(CCNC(=O)N2CCC(C(F)(F)F)C(CN)C2)c1. The van der Waals surface area contributed by atoms with Gasteiger partial charge in [0.25, 0.3) is 0 Å². The average molecular weight is 385 g/mol. The van der Waals surface area contributed by atoms with Crippen molar-refractivity contribution in [1.82, 2.24) is 10.2 Å². The number of hydrogen-bond donors (Lipinski definition) is 2. The number of hydrogen-bond acceptors (Lipinski definition) is 2. The zero-order valence-electron chi connectivity index (χ0n) is 16.3. The van der Waals surface area contributed by atoms with E-state index in [9.17, 15) is 18.0 Å². The summed E-state index contributed by atoms with van der Waals surface area (Å²) in [5.74, 6) is -2.17. The van der Waals surface area contributed by atoms with Crippen LogP contribution in [-0.2, 0) is 11.8 Å². The number of alkyl halides is 3. The Balaban J connectivity index is 1.86. The lowest BCUT2D eigenvalue weighted by Crippen LogP contribution is -2.52. The number of nitrogens with two attached hydrogens (primary N) is 1. The largest absolute Gasteiger partial charge is 0.392 e. The number of benzene rings is 1. The van der Waals surface area contributed by atoms with Crippen molar-refractivity contribution >= 4 is 6.03 Å². The Morgan fingerprint density at radius 1 is 1.30 bits per heavy atom. The second-order valence-electron chi connectivity index (χ2n) is 8.31. The average Bonchev–Trinajstić information content (AvgIpc) is 2.59. The van der Waals surface area contributed by atoms with E-state index in [2.05, 4.69) is 38.2 Å². The van der Waals surface area contributed by atoms with E-state index < -0.39 is 18.0 Å². The van der Waals surface area contributed by atoms with Gasteiger partial charge in [-0.15, -0.1) is 0 Å². The molecule has 1 heterocycles. The highest BCUT2D eigenvalue weighted by molar-refractivity contribution is 5.74. The van der Waals surface area contributed by atoms with Crippen LogP contribution in [-0.4, -0.2) is 43.3 Å². The number of piperidine rings is 1. The molecule has 2 atom stereocenters. The maximum atomic E-state index is 13.0. The van der Waals surface area contributed by atoms with Gasteiger partial charge >= 0.3 is 12.2 Å². The number of rotatable bonds is 4. The van der Waals surface area contributed by atoms with Crippen LogP contribution in [0.1, 0.15) is 38.3 Å². The fraction of sp³-hybridized carbons (Fsp3) is 0.650. The Labute approximate surface area is 159 Å². The molecule has 1 fully saturated rings. The quantitative estimate of drug-likeness (QED) is 0.830. The predicted octanol–water partition coefficient (Wildman–Crippen LogP) is 3.70. The Kier molecular flexibility index (Phi) is 6.78. The van der Waals surface area contributed by atoms with Gasteiger partial charge in [0.05, 0.1) is 5.92 Å². The minimum Gasteiger partial charge on any atom is -0.338 e. The number of carbonyl (C=O) groups excluding carboxylic acids is 1. The van der Waals surface area contributed by atoms with Crippen molar-refractivity contribution in [3.05, 3.63) is 35.4 Å². The van der Waals surface area contributed by atoms with Crippen molar-refractivity contribution < 1.29 is 18.0 Å². The van der Waals surface area contributed by atoms with E-state index in [1.807, 2.05) is 12.1 Å². The lowest BCUT2D eigenvalue weighted by Gasteiger charge is -2.38. The van der Waals surface area contributed by atoms with Gasteiger partial charge in [-0.2, -0.15) is 13.2 Å². The Morgan fingerprint density at radius 2 is 2.00 bits per heavy atom. The van der Waals surface area contributed by atoms with Crippen LogP contribution in [0.4, 0.5) is 18.0 Å². The molecule has 0 aliphatic carbocycles. The molecule has 7 heteroatoms. The zero-order valence-corrected chi connectivity index (χ0v) is 16.3. The van der Waals surface area contributed by atoms with Crippen LogP contribution in [0, 0.1) is 11.8 Å². The normalized spacial score (nSPS) is 21.2. The molecule has 152 valence electrons. The third-order valence-electron chi connectivity index (χ3n) is 5.23. The number of urea groups is 1. The molecule has 1 aliphatic heterocycles. The summed E-state index contributed by atoms with van der Waals surface area (Å²) in [7, 11) is 0. The van der Waals surface area contributed by atoms with Crippen LogP contribution < -0.4 is 11.1 Å². The molecule has 27 heavy (non-hydrogen) atoms. The van der Waals surface area contributed by atoms with E-state index in [1.54, 1.807) is 0 Å². The number of nitrogens with zero attached hydrogens (tertiary/aromatic N) is 1. The maximum Gasteiger partial charge on any atom is 0.392 e. The molecule has 2 unspecified atom stereocenters. The van der Waals surface area contributed by atoms with Crippen molar-refractivity contribution in [1.29, 1.82) is 0 Å². The first-order valence-electron chi connectivity index (χ1n) is 9.41. The Bertz CT molecular complexity index is 640. The van der Waals surface area contributed by atoms with Gasteiger partial charge in [-0.1, -0.05) is 45.0 Å². The van der Waals surface area contributed by atoms with Crippen LogP contribution in [0.2, 0.25) is 0 Å². The molecule has 0 bridgehead atoms. The maximum absolute atomic E-state index is 13.0. The van der Waals surface area contributed by atoms with E-state index in [0.717, 1.165) is 5.56 Å². The summed E-state index contributed by atoms with van der Waals surface area (Å²) >= 11 is 0. The molecule has 3 N–H and O–H groups in total. The van der Waals surface area contributed by atoms with Crippen LogP contribution in [0.5, 0.6) is 0 Å². The number of amides is 2. The van der Waals surface area contributed by atoms with E-state index in [4.69, 9.17) is 5.73 Å². The fourth-order valence-corrected chi connectivity index (χ4v) is 3.51. The van der Waals surface area contributed by atoms with E-state index in [0.29, 0.717) is 13.0 Å². The predicted molar refractivity (Wildman–Crippen MR) is 101 cm³/mol. The third-order valence-corrected chi connectivity index (χ3v) is 5.23. The molecule has 1 aromatic rings. The lowest BCUT2D eigenvalue weighted by molar-refractivity contribution is -0.197. The third kappa shape index (κ3) is 5.86. The summed E-state index contributed by atoms with van der Waals surface area (Å²) in [6, 6.07) is 7.92. The van der Waals surface area contributed by atoms with E-state index in [-0.39, 0.29) is 37.5 Å². The molecule has 1 aliphatic rings. The zero-order chi connectivity index (χ0) is 20.2. The first kappa shape index (κ1) is 21.5. The first-order valence-corrected chi connectivity index (χ1v) is 9.41. The fourth-order valence-electron chi connectivity index (χ4n) is 3.51. The van der Waals surface area contributed by atoms with Crippen LogP contribution in [0.3, 0.4) is 0 Å². The molecule has 0 radical (unpaired) electrons. The number of carbonyl (C=O) groups is 1. The standard InChI is InChI=1S/C20H30F3N3O/c1-19(2,3)16-6-4-5-14(11-16)7-9-25-18(27)26-10-8-17(20(21,22)23)15(12-24)13-26/h4-6,11,15,17H,7-10,12-13,24H2,1-3H3,(H,25,27). The summed E-state index contributed by atoms with van der Waals surface area (Å²) < 4.78 is 39.1. The molecule has 4 nitrogen and oxygen atoms in total. The molecule has 0 spiro atoms. The summed E-state index contributed by atoms with van der Waals surface area (Å²) in [6.45, 7) is 6.95. The Morgan fingerprint density at radius 3 is 2.59 bits per heavy atom. The van der Waals surface area contributed by atoms with Crippen molar-refractivity contribution in [2.24, 2.45) is 17.6 Å². The van der Waals surface area contributed by atoms with Crippen LogP contribution in [0.15, 0.2) is 24.3 Å². The van der Waals surface area contributed by atoms with Gasteiger partial charge in [0, 0.05) is 25.6 Å². The number of halogens is 3. The van der Waals surface area contributed by atoms with Crippen molar-refractivity contribution in [2.75, 3.05) is 26.2 Å². The summed E-state index contributed by atoms with van der Waals surface area (Å²) in [5, 5.41) is 2.82. The van der Waals surface area contributed by atoms with Gasteiger partial charge in [0.1, 0.15) is 0 Å². The van der Waals surface area contributed by atoms with Gasteiger partial charge in [-0.25, -0.2) is 4.79 Å². The van der Waals surface area contributed by atoms with Gasteiger partial charge in [0.15, 0.2) is 0 Å². The summed E-state index contributed by atoms with van der Waals surface area (Å²) in [6.07, 6.45) is -3.67. The molecule has 2 rings (SSSR count). The lowest BCUT2D eigenvalue weighted by atomic mass is 9.85. The second-order valence-corrected chi connectivity index (χ2v) is 8.31. The second kappa shape index (κ2) is 8.50. The number of likely N-dealkylation sites (tertiary alicyclic amines) is 1. The van der Waals surface area contributed by atoms with Crippen molar-refractivity contribution in [3.8, 4) is 0 Å². The highest BCUT2D eigenvalue weighted by Crippen LogP contribution is 2.37. The molecule has 1 aromatic carbocycles. The van der Waals surface area contributed by atoms with Gasteiger partial charge in [0.2, 0.25) is 0 Å². The monoisotopic (exact) mass is 385 g/mol. The van der Waals surface area contributed by atoms with Crippen LogP contribution >= 0.6 is 0 Å². The summed E-state index contributed by atoms with van der Waals surface area (Å²) in [5.41, 5.74) is 7.93. The molecule has 0 saturated carbocycles. The van der Waals surface area contributed by atoms with Gasteiger partial charge in [-0.3, -0.25) is 0 Å². The molecule has 1 saturated heterocycles. The Hall–Kier alpha value is -1.76.